The minimum absolute atomic E-state index is 0.102. The molecule has 1 aliphatic carbocycles. The maximum absolute atomic E-state index is 11.1. The Balaban J connectivity index is 1.08. The Bertz CT molecular complexity index is 1680. The van der Waals surface area contributed by atoms with Gasteiger partial charge in [-0.15, -0.1) is 0 Å². The first-order valence-electron chi connectivity index (χ1n) is 15.7. The maximum atomic E-state index is 11.1. The molecule has 1 saturated heterocycles. The van der Waals surface area contributed by atoms with Crippen molar-refractivity contribution < 1.29 is 14.9 Å². The van der Waals surface area contributed by atoms with E-state index < -0.39 is 24.5 Å². The topological polar surface area (TPSA) is 129 Å². The molecule has 3 aromatic heterocycles. The Morgan fingerprint density at radius 2 is 1.98 bits per heavy atom. The van der Waals surface area contributed by atoms with Crippen molar-refractivity contribution in [1.82, 2.24) is 29.4 Å². The number of ether oxygens (including phenoxy) is 1. The average molecular weight is 601 g/mol. The highest BCUT2D eigenvalue weighted by Crippen LogP contribution is 2.40. The molecule has 11 heteroatoms. The van der Waals surface area contributed by atoms with E-state index in [0.29, 0.717) is 41.0 Å². The van der Waals surface area contributed by atoms with Crippen molar-refractivity contribution in [3.8, 4) is 0 Å². The molecule has 1 aromatic carbocycles. The van der Waals surface area contributed by atoms with Gasteiger partial charge in [0.25, 0.3) is 0 Å². The minimum Gasteiger partial charge on any atom is -0.387 e. The van der Waals surface area contributed by atoms with Crippen molar-refractivity contribution in [3.63, 3.8) is 0 Å². The summed E-state index contributed by atoms with van der Waals surface area (Å²) >= 11 is 0. The molecule has 1 aliphatic heterocycles. The van der Waals surface area contributed by atoms with Gasteiger partial charge >= 0.3 is 0 Å². The molecule has 2 aliphatic rings. The van der Waals surface area contributed by atoms with Crippen molar-refractivity contribution in [1.29, 1.82) is 0 Å². The van der Waals surface area contributed by atoms with Crippen LogP contribution in [0.25, 0.3) is 26.9 Å². The van der Waals surface area contributed by atoms with E-state index in [-0.39, 0.29) is 11.5 Å². The number of aliphatic hydroxyl groups excluding tert-OH is 2. The summed E-state index contributed by atoms with van der Waals surface area (Å²) in [4.78, 5) is 23.0. The van der Waals surface area contributed by atoms with Crippen LogP contribution in [-0.2, 0) is 16.6 Å². The number of rotatable bonds is 9. The number of aliphatic hydroxyl groups is 2. The van der Waals surface area contributed by atoms with Gasteiger partial charge in [-0.25, -0.2) is 19.8 Å². The Hall–Kier alpha value is -3.56. The molecule has 234 valence electrons. The van der Waals surface area contributed by atoms with Gasteiger partial charge in [0, 0.05) is 38.3 Å². The summed E-state index contributed by atoms with van der Waals surface area (Å²) < 4.78 is 7.98. The molecule has 0 spiro atoms. The number of anilines is 1. The van der Waals surface area contributed by atoms with Crippen LogP contribution < -0.4 is 5.32 Å². The van der Waals surface area contributed by atoms with E-state index in [9.17, 15) is 10.2 Å². The van der Waals surface area contributed by atoms with Gasteiger partial charge in [0.05, 0.1) is 23.0 Å². The van der Waals surface area contributed by atoms with Crippen LogP contribution in [0.3, 0.4) is 0 Å². The predicted molar refractivity (Wildman–Crippen MR) is 171 cm³/mol. The molecule has 2 fully saturated rings. The molecule has 11 nitrogen and oxygen atoms in total. The lowest BCUT2D eigenvalue weighted by atomic mass is 9.76. The standard InChI is InChI=1S/C33H44N8O3/c1-18(2)40(21-12-19(13-21)8-11-26-38-22-10-9-20(33(3,4)5)14-23(22)39-26)16-25-28(42)29(43)32(44-25)41-15-24(34-6)27-30(35-7)36-17-37-31(27)41/h9-10,14-15,17-19,21,25,28-29,32,42-43H,8,11-13,16H2,1-5,7H3,(H,38,39)(H,35,36,37)/t19?,21?,25-,28?,29+,32-/m1/s1. The van der Waals surface area contributed by atoms with Gasteiger partial charge in [0.2, 0.25) is 5.69 Å². The predicted octanol–water partition coefficient (Wildman–Crippen LogP) is 4.94. The number of imidazole rings is 1. The first kappa shape index (κ1) is 30.5. The van der Waals surface area contributed by atoms with Crippen LogP contribution >= 0.6 is 0 Å². The lowest BCUT2D eigenvalue weighted by molar-refractivity contribution is -0.0618. The van der Waals surface area contributed by atoms with Gasteiger partial charge in [-0.2, -0.15) is 0 Å². The molecular formula is C33H44N8O3. The Kier molecular flexibility index (Phi) is 8.13. The third kappa shape index (κ3) is 5.56. The molecule has 4 atom stereocenters. The molecular weight excluding hydrogens is 556 g/mol. The van der Waals surface area contributed by atoms with Gasteiger partial charge in [0.15, 0.2) is 6.23 Å². The largest absolute Gasteiger partial charge is 0.387 e. The van der Waals surface area contributed by atoms with Gasteiger partial charge in [-0.3, -0.25) is 4.90 Å². The molecule has 6 rings (SSSR count). The number of aromatic amines is 1. The van der Waals surface area contributed by atoms with Crippen molar-refractivity contribution in [2.45, 2.75) is 102 Å². The van der Waals surface area contributed by atoms with Crippen LogP contribution in [0.1, 0.15) is 71.5 Å². The van der Waals surface area contributed by atoms with Gasteiger partial charge in [0.1, 0.15) is 41.9 Å². The monoisotopic (exact) mass is 600 g/mol. The summed E-state index contributed by atoms with van der Waals surface area (Å²) in [7, 11) is 1.74. The number of hydrogen-bond donors (Lipinski definition) is 4. The highest BCUT2D eigenvalue weighted by Gasteiger charge is 2.46. The molecule has 44 heavy (non-hydrogen) atoms. The van der Waals surface area contributed by atoms with Crippen molar-refractivity contribution in [2.24, 2.45) is 5.92 Å². The summed E-state index contributed by atoms with van der Waals surface area (Å²) in [6.07, 6.45) is 3.55. The molecule has 1 saturated carbocycles. The van der Waals surface area contributed by atoms with Gasteiger partial charge in [-0.05, 0) is 62.1 Å². The number of nitrogens with one attached hydrogen (secondary N) is 2. The highest BCUT2D eigenvalue weighted by atomic mass is 16.6. The van der Waals surface area contributed by atoms with Gasteiger partial charge < -0.3 is 29.8 Å². The smallest absolute Gasteiger partial charge is 0.217 e. The van der Waals surface area contributed by atoms with Crippen molar-refractivity contribution >= 4 is 33.6 Å². The number of benzene rings is 1. The molecule has 4 heterocycles. The second-order valence-corrected chi connectivity index (χ2v) is 13.7. The zero-order chi connectivity index (χ0) is 31.3. The summed E-state index contributed by atoms with van der Waals surface area (Å²) in [5, 5.41) is 25.7. The summed E-state index contributed by atoms with van der Waals surface area (Å²) in [5.74, 6) is 2.19. The summed E-state index contributed by atoms with van der Waals surface area (Å²) in [6.45, 7) is 19.2. The number of fused-ring (bicyclic) bond motifs is 2. The second-order valence-electron chi connectivity index (χ2n) is 13.7. The first-order chi connectivity index (χ1) is 21.0. The quantitative estimate of drug-likeness (QED) is 0.199. The SMILES string of the molecule is [C-]#[N+]c1cn([C@@H]2O[C@H](CN(C(C)C)C3CC(CCc4nc5ccc(C(C)(C)C)cc5[nH]4)C3)C(O)[C@@H]2O)c2ncnc(NC)c12. The molecule has 4 aromatic rings. The fourth-order valence-corrected chi connectivity index (χ4v) is 6.83. The fourth-order valence-electron chi connectivity index (χ4n) is 6.83. The number of hydrogen-bond acceptors (Lipinski definition) is 8. The van der Waals surface area contributed by atoms with Crippen LogP contribution in [0.4, 0.5) is 11.5 Å². The summed E-state index contributed by atoms with van der Waals surface area (Å²) in [6, 6.07) is 7.17. The Morgan fingerprint density at radius 1 is 1.20 bits per heavy atom. The van der Waals surface area contributed by atoms with Crippen molar-refractivity contribution in [3.05, 3.63) is 53.5 Å². The van der Waals surface area contributed by atoms with E-state index in [1.165, 1.54) is 11.9 Å². The summed E-state index contributed by atoms with van der Waals surface area (Å²) in [5.41, 5.74) is 4.38. The molecule has 1 unspecified atom stereocenters. The van der Waals surface area contributed by atoms with Gasteiger partial charge in [-0.1, -0.05) is 26.8 Å². The van der Waals surface area contributed by atoms with Crippen molar-refractivity contribution in [2.75, 3.05) is 18.9 Å². The van der Waals surface area contributed by atoms with E-state index >= 15 is 0 Å². The van der Waals surface area contributed by atoms with Crippen LogP contribution in [0.5, 0.6) is 0 Å². The third-order valence-corrected chi connectivity index (χ3v) is 9.48. The average Bonchev–Trinajstić information content (AvgIpc) is 3.64. The van der Waals surface area contributed by atoms with Crippen LogP contribution in [-0.4, -0.2) is 83.6 Å². The minimum atomic E-state index is -1.16. The van der Waals surface area contributed by atoms with E-state index in [1.807, 2.05) is 0 Å². The third-order valence-electron chi connectivity index (χ3n) is 9.48. The zero-order valence-electron chi connectivity index (χ0n) is 26.4. The highest BCUT2D eigenvalue weighted by molar-refractivity contribution is 5.99. The van der Waals surface area contributed by atoms with Crippen LogP contribution in [0.2, 0.25) is 0 Å². The van der Waals surface area contributed by atoms with E-state index in [0.717, 1.165) is 42.5 Å². The lowest BCUT2D eigenvalue weighted by Gasteiger charge is -2.46. The number of aromatic nitrogens is 5. The molecule has 0 radical (unpaired) electrons. The van der Waals surface area contributed by atoms with Crippen LogP contribution in [0.15, 0.2) is 30.7 Å². The molecule has 0 bridgehead atoms. The molecule has 0 amide bonds. The lowest BCUT2D eigenvalue weighted by Crippen LogP contribution is -2.52. The maximum Gasteiger partial charge on any atom is 0.217 e. The van der Waals surface area contributed by atoms with Crippen LogP contribution in [0, 0.1) is 12.5 Å². The van der Waals surface area contributed by atoms with E-state index in [1.54, 1.807) is 17.8 Å². The first-order valence-corrected chi connectivity index (χ1v) is 15.7. The molecule has 4 N–H and O–H groups in total. The van der Waals surface area contributed by atoms with E-state index in [2.05, 4.69) is 82.8 Å². The van der Waals surface area contributed by atoms with E-state index in [4.69, 9.17) is 16.3 Å². The number of aryl methyl sites for hydroxylation is 1. The Labute approximate surface area is 258 Å². The second kappa shape index (κ2) is 11.7. The Morgan fingerprint density at radius 3 is 2.66 bits per heavy atom. The normalized spacial score (nSPS) is 25.7. The number of H-pyrrole nitrogens is 1. The fraction of sp³-hybridized carbons (Fsp3) is 0.576. The zero-order valence-corrected chi connectivity index (χ0v) is 26.4. The number of nitrogens with zero attached hydrogens (tertiary/aromatic N) is 6.